The molecule has 1 N–H and O–H groups in total. The van der Waals surface area contributed by atoms with Crippen LogP contribution in [0.1, 0.15) is 31.7 Å². The summed E-state index contributed by atoms with van der Waals surface area (Å²) < 4.78 is 0. The summed E-state index contributed by atoms with van der Waals surface area (Å²) in [7, 11) is 0. The highest BCUT2D eigenvalue weighted by molar-refractivity contribution is 7.98. The van der Waals surface area contributed by atoms with Crippen LogP contribution in [-0.4, -0.2) is 25.1 Å². The lowest BCUT2D eigenvalue weighted by atomic mass is 9.96. The van der Waals surface area contributed by atoms with Gasteiger partial charge in [-0.25, -0.2) is 0 Å². The Labute approximate surface area is 121 Å². The van der Waals surface area contributed by atoms with Crippen molar-refractivity contribution < 1.29 is 0 Å². The SMILES string of the molecule is CSCCC(CNCC(C)C)c1ccc(Cl)cc1. The molecule has 0 fully saturated rings. The summed E-state index contributed by atoms with van der Waals surface area (Å²) in [4.78, 5) is 0. The number of hydrogen-bond donors (Lipinski definition) is 1. The molecule has 0 aliphatic rings. The van der Waals surface area contributed by atoms with E-state index in [1.807, 2.05) is 23.9 Å². The molecule has 0 aliphatic heterocycles. The van der Waals surface area contributed by atoms with Crippen LogP contribution in [0.4, 0.5) is 0 Å². The lowest BCUT2D eigenvalue weighted by Crippen LogP contribution is -2.25. The van der Waals surface area contributed by atoms with Crippen LogP contribution in [0.2, 0.25) is 5.02 Å². The van der Waals surface area contributed by atoms with Crippen molar-refractivity contribution in [2.24, 2.45) is 5.92 Å². The van der Waals surface area contributed by atoms with Crippen LogP contribution >= 0.6 is 23.4 Å². The van der Waals surface area contributed by atoms with Crippen LogP contribution in [0.3, 0.4) is 0 Å². The summed E-state index contributed by atoms with van der Waals surface area (Å²) in [6.45, 7) is 6.63. The van der Waals surface area contributed by atoms with Gasteiger partial charge in [-0.1, -0.05) is 37.6 Å². The van der Waals surface area contributed by atoms with Gasteiger partial charge in [0, 0.05) is 11.6 Å². The molecule has 1 aromatic carbocycles. The zero-order chi connectivity index (χ0) is 13.4. The summed E-state index contributed by atoms with van der Waals surface area (Å²) >= 11 is 7.86. The minimum Gasteiger partial charge on any atom is -0.316 e. The molecule has 0 saturated heterocycles. The molecule has 1 atom stereocenters. The fourth-order valence-corrected chi connectivity index (χ4v) is 2.57. The number of thioether (sulfide) groups is 1. The number of hydrogen-bond acceptors (Lipinski definition) is 2. The highest BCUT2D eigenvalue weighted by atomic mass is 35.5. The van der Waals surface area contributed by atoms with Gasteiger partial charge in [0.1, 0.15) is 0 Å². The lowest BCUT2D eigenvalue weighted by molar-refractivity contribution is 0.511. The first kappa shape index (κ1) is 15.9. The van der Waals surface area contributed by atoms with Gasteiger partial charge in [-0.3, -0.25) is 0 Å². The minimum absolute atomic E-state index is 0.591. The van der Waals surface area contributed by atoms with E-state index < -0.39 is 0 Å². The monoisotopic (exact) mass is 285 g/mol. The third-order valence-corrected chi connectivity index (χ3v) is 3.85. The second kappa shape index (κ2) is 8.84. The predicted octanol–water partition coefficient (Wildman–Crippen LogP) is 4.42. The maximum atomic E-state index is 5.95. The van der Waals surface area contributed by atoms with E-state index in [-0.39, 0.29) is 0 Å². The molecule has 3 heteroatoms. The maximum absolute atomic E-state index is 5.95. The minimum atomic E-state index is 0.591. The number of nitrogens with one attached hydrogen (secondary N) is 1. The van der Waals surface area contributed by atoms with Crippen LogP contribution in [-0.2, 0) is 0 Å². The van der Waals surface area contributed by atoms with Crippen LogP contribution < -0.4 is 5.32 Å². The van der Waals surface area contributed by atoms with Gasteiger partial charge in [0.25, 0.3) is 0 Å². The van der Waals surface area contributed by atoms with E-state index in [0.29, 0.717) is 11.8 Å². The van der Waals surface area contributed by atoms with E-state index >= 15 is 0 Å². The molecule has 102 valence electrons. The molecule has 0 heterocycles. The molecular formula is C15H24ClNS. The topological polar surface area (TPSA) is 12.0 Å². The molecule has 1 nitrogen and oxygen atoms in total. The average molecular weight is 286 g/mol. The van der Waals surface area contributed by atoms with Crippen molar-refractivity contribution in [3.63, 3.8) is 0 Å². The van der Waals surface area contributed by atoms with Crippen LogP contribution in [0, 0.1) is 5.92 Å². The molecule has 0 aromatic heterocycles. The van der Waals surface area contributed by atoms with Gasteiger partial charge >= 0.3 is 0 Å². The third kappa shape index (κ3) is 6.12. The molecule has 1 unspecified atom stereocenters. The van der Waals surface area contributed by atoms with E-state index in [1.165, 1.54) is 17.7 Å². The van der Waals surface area contributed by atoms with Gasteiger partial charge in [0.15, 0.2) is 0 Å². The molecule has 0 bridgehead atoms. The van der Waals surface area contributed by atoms with Crippen LogP contribution in [0.5, 0.6) is 0 Å². The van der Waals surface area contributed by atoms with E-state index in [2.05, 4.69) is 37.6 Å². The van der Waals surface area contributed by atoms with E-state index in [9.17, 15) is 0 Å². The third-order valence-electron chi connectivity index (χ3n) is 2.96. The van der Waals surface area contributed by atoms with E-state index in [1.54, 1.807) is 0 Å². The zero-order valence-corrected chi connectivity index (χ0v) is 13.2. The van der Waals surface area contributed by atoms with Gasteiger partial charge < -0.3 is 5.32 Å². The smallest absolute Gasteiger partial charge is 0.0406 e. The number of halogens is 1. The second-order valence-corrected chi connectivity index (χ2v) is 6.50. The standard InChI is InChI=1S/C15H24ClNS/c1-12(2)10-17-11-14(8-9-18-3)13-4-6-15(16)7-5-13/h4-7,12,14,17H,8-11H2,1-3H3. The van der Waals surface area contributed by atoms with Crippen molar-refractivity contribution in [2.75, 3.05) is 25.1 Å². The Hall–Kier alpha value is -0.180. The molecule has 0 radical (unpaired) electrons. The van der Waals surface area contributed by atoms with Gasteiger partial charge in [-0.15, -0.1) is 0 Å². The fraction of sp³-hybridized carbons (Fsp3) is 0.600. The summed E-state index contributed by atoms with van der Waals surface area (Å²) in [6.07, 6.45) is 3.38. The second-order valence-electron chi connectivity index (χ2n) is 5.08. The molecular weight excluding hydrogens is 262 g/mol. The van der Waals surface area contributed by atoms with Crippen molar-refractivity contribution in [1.82, 2.24) is 5.32 Å². The first-order valence-electron chi connectivity index (χ1n) is 6.58. The molecule has 0 amide bonds. The molecule has 0 spiro atoms. The van der Waals surface area contributed by atoms with E-state index in [4.69, 9.17) is 11.6 Å². The summed E-state index contributed by atoms with van der Waals surface area (Å²) in [5.74, 6) is 2.50. The van der Waals surface area contributed by atoms with Crippen LogP contribution in [0.25, 0.3) is 0 Å². The average Bonchev–Trinajstić information content (AvgIpc) is 2.34. The van der Waals surface area contributed by atoms with Crippen molar-refractivity contribution in [3.05, 3.63) is 34.9 Å². The Morgan fingerprint density at radius 2 is 1.83 bits per heavy atom. The maximum Gasteiger partial charge on any atom is 0.0406 e. The van der Waals surface area contributed by atoms with Gasteiger partial charge in [-0.05, 0) is 54.5 Å². The first-order chi connectivity index (χ1) is 8.63. The van der Waals surface area contributed by atoms with Crippen molar-refractivity contribution in [1.29, 1.82) is 0 Å². The Morgan fingerprint density at radius 3 is 2.39 bits per heavy atom. The highest BCUT2D eigenvalue weighted by Gasteiger charge is 2.11. The molecule has 0 aliphatic carbocycles. The largest absolute Gasteiger partial charge is 0.316 e. The van der Waals surface area contributed by atoms with Gasteiger partial charge in [0.05, 0.1) is 0 Å². The quantitative estimate of drug-likeness (QED) is 0.759. The fourth-order valence-electron chi connectivity index (χ4n) is 1.93. The van der Waals surface area contributed by atoms with Crippen LogP contribution in [0.15, 0.2) is 24.3 Å². The Morgan fingerprint density at radius 1 is 1.17 bits per heavy atom. The van der Waals surface area contributed by atoms with E-state index in [0.717, 1.165) is 18.1 Å². The summed E-state index contributed by atoms with van der Waals surface area (Å²) in [6, 6.07) is 8.30. The predicted molar refractivity (Wildman–Crippen MR) is 84.9 cm³/mol. The van der Waals surface area contributed by atoms with Crippen molar-refractivity contribution >= 4 is 23.4 Å². The molecule has 18 heavy (non-hydrogen) atoms. The Kier molecular flexibility index (Phi) is 7.80. The Balaban J connectivity index is 2.56. The highest BCUT2D eigenvalue weighted by Crippen LogP contribution is 2.22. The van der Waals surface area contributed by atoms with Crippen molar-refractivity contribution in [2.45, 2.75) is 26.2 Å². The first-order valence-corrected chi connectivity index (χ1v) is 8.35. The van der Waals surface area contributed by atoms with Gasteiger partial charge in [0.2, 0.25) is 0 Å². The lowest BCUT2D eigenvalue weighted by Gasteiger charge is -2.18. The Bertz CT molecular complexity index is 324. The number of benzene rings is 1. The number of rotatable bonds is 8. The molecule has 0 saturated carbocycles. The summed E-state index contributed by atoms with van der Waals surface area (Å²) in [5, 5.41) is 4.38. The molecule has 1 rings (SSSR count). The molecule has 1 aromatic rings. The van der Waals surface area contributed by atoms with Crippen molar-refractivity contribution in [3.8, 4) is 0 Å². The summed E-state index contributed by atoms with van der Waals surface area (Å²) in [5.41, 5.74) is 1.39. The normalized spacial score (nSPS) is 12.9. The zero-order valence-electron chi connectivity index (χ0n) is 11.6. The van der Waals surface area contributed by atoms with Gasteiger partial charge in [-0.2, -0.15) is 11.8 Å².